The Morgan fingerprint density at radius 1 is 1.09 bits per heavy atom. The van der Waals surface area contributed by atoms with E-state index in [0.717, 1.165) is 28.1 Å². The second kappa shape index (κ2) is 11.5. The molecule has 0 aliphatic rings. The van der Waals surface area contributed by atoms with Crippen LogP contribution in [-0.4, -0.2) is 50.5 Å². The van der Waals surface area contributed by atoms with Crippen molar-refractivity contribution in [1.82, 2.24) is 10.2 Å². The molecule has 180 valence electrons. The molecule has 0 bridgehead atoms. The molecule has 0 aromatic heterocycles. The number of nitrogens with zero attached hydrogens (tertiary/aromatic N) is 2. The zero-order chi connectivity index (χ0) is 24.8. The molecule has 0 aliphatic heterocycles. The average molecular weight is 494 g/mol. The molecule has 0 fully saturated rings. The van der Waals surface area contributed by atoms with E-state index in [9.17, 15) is 18.0 Å². The lowest BCUT2D eigenvalue weighted by Crippen LogP contribution is -2.51. The number of rotatable bonds is 10. The van der Waals surface area contributed by atoms with Gasteiger partial charge in [0, 0.05) is 18.1 Å². The molecule has 2 aromatic carbocycles. The fourth-order valence-corrected chi connectivity index (χ4v) is 4.48. The van der Waals surface area contributed by atoms with Crippen LogP contribution in [0.25, 0.3) is 0 Å². The molecule has 0 saturated carbocycles. The highest BCUT2D eigenvalue weighted by atomic mass is 35.5. The summed E-state index contributed by atoms with van der Waals surface area (Å²) < 4.78 is 26.4. The Kier molecular flexibility index (Phi) is 9.31. The van der Waals surface area contributed by atoms with E-state index in [4.69, 9.17) is 11.6 Å². The van der Waals surface area contributed by atoms with Crippen LogP contribution in [0.15, 0.2) is 42.5 Å². The van der Waals surface area contributed by atoms with Gasteiger partial charge in [-0.25, -0.2) is 8.42 Å². The van der Waals surface area contributed by atoms with Gasteiger partial charge in [-0.3, -0.25) is 13.9 Å². The maximum absolute atomic E-state index is 13.5. The lowest BCUT2D eigenvalue weighted by atomic mass is 10.1. The van der Waals surface area contributed by atoms with E-state index in [0.29, 0.717) is 22.8 Å². The van der Waals surface area contributed by atoms with Gasteiger partial charge in [-0.05, 0) is 56.0 Å². The van der Waals surface area contributed by atoms with Gasteiger partial charge < -0.3 is 10.2 Å². The van der Waals surface area contributed by atoms with Crippen LogP contribution in [0.1, 0.15) is 37.0 Å². The van der Waals surface area contributed by atoms with Gasteiger partial charge in [-0.15, -0.1) is 0 Å². The maximum atomic E-state index is 13.5. The van der Waals surface area contributed by atoms with Crippen LogP contribution in [0.3, 0.4) is 0 Å². The average Bonchev–Trinajstić information content (AvgIpc) is 2.76. The first-order chi connectivity index (χ1) is 15.5. The maximum Gasteiger partial charge on any atom is 0.244 e. The number of anilines is 1. The summed E-state index contributed by atoms with van der Waals surface area (Å²) in [6, 6.07) is 11.5. The second-order valence-electron chi connectivity index (χ2n) is 8.07. The van der Waals surface area contributed by atoms with Crippen molar-refractivity contribution in [3.63, 3.8) is 0 Å². The number of hydrogen-bond acceptors (Lipinski definition) is 4. The minimum atomic E-state index is -3.77. The molecule has 7 nitrogen and oxygen atoms in total. The summed E-state index contributed by atoms with van der Waals surface area (Å²) in [5.74, 6) is -0.810. The van der Waals surface area contributed by atoms with E-state index in [-0.39, 0.29) is 12.5 Å². The molecular formula is C24H32ClN3O4S. The predicted molar refractivity (Wildman–Crippen MR) is 133 cm³/mol. The van der Waals surface area contributed by atoms with Crippen LogP contribution < -0.4 is 9.62 Å². The molecule has 0 aliphatic carbocycles. The summed E-state index contributed by atoms with van der Waals surface area (Å²) in [5.41, 5.74) is 2.78. The minimum absolute atomic E-state index is 0.0730. The van der Waals surface area contributed by atoms with Crippen LogP contribution >= 0.6 is 11.6 Å². The first-order valence-corrected chi connectivity index (χ1v) is 13.0. The van der Waals surface area contributed by atoms with E-state index in [1.807, 2.05) is 26.8 Å². The van der Waals surface area contributed by atoms with Crippen molar-refractivity contribution in [3.8, 4) is 0 Å². The molecule has 33 heavy (non-hydrogen) atoms. The van der Waals surface area contributed by atoms with Gasteiger partial charge in [0.25, 0.3) is 0 Å². The zero-order valence-electron chi connectivity index (χ0n) is 19.8. The van der Waals surface area contributed by atoms with Crippen molar-refractivity contribution >= 4 is 39.1 Å². The van der Waals surface area contributed by atoms with Crippen molar-refractivity contribution in [2.75, 3.05) is 23.7 Å². The topological polar surface area (TPSA) is 86.8 Å². The van der Waals surface area contributed by atoms with Gasteiger partial charge >= 0.3 is 0 Å². The fraction of sp³-hybridized carbons (Fsp3) is 0.417. The Hall–Kier alpha value is -2.58. The highest BCUT2D eigenvalue weighted by molar-refractivity contribution is 7.92. The number of amides is 2. The van der Waals surface area contributed by atoms with Gasteiger partial charge in [0.15, 0.2) is 0 Å². The Bertz CT molecular complexity index is 1100. The van der Waals surface area contributed by atoms with Gasteiger partial charge in [-0.2, -0.15) is 0 Å². The molecule has 0 spiro atoms. The van der Waals surface area contributed by atoms with Gasteiger partial charge in [0.2, 0.25) is 21.8 Å². The monoisotopic (exact) mass is 493 g/mol. The molecule has 9 heteroatoms. The molecule has 1 N–H and O–H groups in total. The van der Waals surface area contributed by atoms with E-state index in [2.05, 4.69) is 5.32 Å². The minimum Gasteiger partial charge on any atom is -0.354 e. The lowest BCUT2D eigenvalue weighted by molar-refractivity contribution is -0.139. The first kappa shape index (κ1) is 26.7. The zero-order valence-corrected chi connectivity index (χ0v) is 21.3. The van der Waals surface area contributed by atoms with Crippen LogP contribution in [0, 0.1) is 13.8 Å². The second-order valence-corrected chi connectivity index (χ2v) is 10.4. The highest BCUT2D eigenvalue weighted by Crippen LogP contribution is 2.26. The van der Waals surface area contributed by atoms with Crippen molar-refractivity contribution in [2.45, 2.75) is 46.7 Å². The quantitative estimate of drug-likeness (QED) is 0.547. The molecule has 1 atom stereocenters. The number of nitrogens with one attached hydrogen (secondary N) is 1. The standard InChI is InChI=1S/C24H32ClN3O4S/c1-6-14-26-24(30)19(4)27(15-20-11-7-8-12-21(20)25)23(29)16-28(33(5,31)32)22-13-9-10-17(2)18(22)3/h7-13,19H,6,14-16H2,1-5H3,(H,26,30). The smallest absolute Gasteiger partial charge is 0.244 e. The Balaban J connectivity index is 2.43. The summed E-state index contributed by atoms with van der Waals surface area (Å²) in [5, 5.41) is 3.27. The summed E-state index contributed by atoms with van der Waals surface area (Å²) in [4.78, 5) is 27.6. The number of hydrogen-bond donors (Lipinski definition) is 1. The van der Waals surface area contributed by atoms with E-state index in [1.165, 1.54) is 4.90 Å². The number of sulfonamides is 1. The third-order valence-electron chi connectivity index (χ3n) is 5.54. The van der Waals surface area contributed by atoms with Crippen LogP contribution in [0.2, 0.25) is 5.02 Å². The normalized spacial score (nSPS) is 12.2. The molecule has 2 rings (SSSR count). The third kappa shape index (κ3) is 6.95. The van der Waals surface area contributed by atoms with Crippen molar-refractivity contribution < 1.29 is 18.0 Å². The van der Waals surface area contributed by atoms with Crippen LogP contribution in [0.5, 0.6) is 0 Å². The summed E-state index contributed by atoms with van der Waals surface area (Å²) in [7, 11) is -3.77. The lowest BCUT2D eigenvalue weighted by Gasteiger charge is -2.32. The van der Waals surface area contributed by atoms with Gasteiger partial charge in [-0.1, -0.05) is 48.9 Å². The SMILES string of the molecule is CCCNC(=O)C(C)N(Cc1ccccc1Cl)C(=O)CN(c1cccc(C)c1C)S(C)(=O)=O. The Morgan fingerprint density at radius 2 is 1.76 bits per heavy atom. The molecule has 0 heterocycles. The number of carbonyl (C=O) groups excluding carboxylic acids is 2. The first-order valence-electron chi connectivity index (χ1n) is 10.8. The molecule has 2 amide bonds. The van der Waals surface area contributed by atoms with Crippen molar-refractivity contribution in [3.05, 3.63) is 64.2 Å². The van der Waals surface area contributed by atoms with Crippen LogP contribution in [-0.2, 0) is 26.2 Å². The molecule has 0 saturated heterocycles. The van der Waals surface area contributed by atoms with Gasteiger partial charge in [0.05, 0.1) is 11.9 Å². The molecular weight excluding hydrogens is 462 g/mol. The predicted octanol–water partition coefficient (Wildman–Crippen LogP) is 3.67. The van der Waals surface area contributed by atoms with Gasteiger partial charge in [0.1, 0.15) is 12.6 Å². The molecule has 2 aromatic rings. The number of benzene rings is 2. The summed E-state index contributed by atoms with van der Waals surface area (Å²) in [6.07, 6.45) is 1.82. The fourth-order valence-electron chi connectivity index (χ4n) is 3.39. The summed E-state index contributed by atoms with van der Waals surface area (Å²) >= 11 is 6.31. The number of aryl methyl sites for hydroxylation is 1. The highest BCUT2D eigenvalue weighted by Gasteiger charge is 2.30. The Labute approximate surface area is 201 Å². The summed E-state index contributed by atoms with van der Waals surface area (Å²) in [6.45, 7) is 7.38. The molecule has 0 radical (unpaired) electrons. The number of halogens is 1. The van der Waals surface area contributed by atoms with E-state index >= 15 is 0 Å². The Morgan fingerprint density at radius 3 is 2.36 bits per heavy atom. The molecule has 1 unspecified atom stereocenters. The largest absolute Gasteiger partial charge is 0.354 e. The number of carbonyl (C=O) groups is 2. The van der Waals surface area contributed by atoms with Crippen molar-refractivity contribution in [1.29, 1.82) is 0 Å². The van der Waals surface area contributed by atoms with E-state index < -0.39 is 28.5 Å². The van der Waals surface area contributed by atoms with Crippen molar-refractivity contribution in [2.24, 2.45) is 0 Å². The van der Waals surface area contributed by atoms with E-state index in [1.54, 1.807) is 43.3 Å². The van der Waals surface area contributed by atoms with Crippen LogP contribution in [0.4, 0.5) is 5.69 Å². The third-order valence-corrected chi connectivity index (χ3v) is 7.03.